The number of Topliss-reactive ketones (excluding diaryl/α,β-unsaturated/α-hetero) is 1. The summed E-state index contributed by atoms with van der Waals surface area (Å²) in [5.41, 5.74) is 0. The number of rotatable bonds is 2. The van der Waals surface area contributed by atoms with Crippen molar-refractivity contribution in [1.29, 1.82) is 0 Å². The minimum absolute atomic E-state index is 0.0674. The number of nitrogens with zero attached hydrogens (tertiary/aromatic N) is 1. The van der Waals surface area contributed by atoms with Gasteiger partial charge in [0.2, 0.25) is 0 Å². The monoisotopic (exact) mass is 252 g/mol. The normalized spacial score (nSPS) is 40.1. The number of carboxylic acid groups (broad SMARTS) is 1. The first kappa shape index (κ1) is 12.0. The zero-order valence-corrected chi connectivity index (χ0v) is 10.5. The maximum absolute atomic E-state index is 11.8. The summed E-state index contributed by atoms with van der Waals surface area (Å²) in [7, 11) is 0. The molecule has 5 heteroatoms. The highest BCUT2D eigenvalue weighted by Crippen LogP contribution is 2.41. The van der Waals surface area contributed by atoms with E-state index in [1.807, 2.05) is 0 Å². The van der Waals surface area contributed by atoms with Gasteiger partial charge in [0.15, 0.2) is 0 Å². The van der Waals surface area contributed by atoms with E-state index >= 15 is 0 Å². The van der Waals surface area contributed by atoms with Crippen LogP contribution in [0.5, 0.6) is 0 Å². The highest BCUT2D eigenvalue weighted by molar-refractivity contribution is 5.86. The molecule has 2 bridgehead atoms. The summed E-state index contributed by atoms with van der Waals surface area (Å²) >= 11 is 0. The molecule has 0 radical (unpaired) electrons. The van der Waals surface area contributed by atoms with Crippen LogP contribution in [0.1, 0.15) is 32.1 Å². The zero-order chi connectivity index (χ0) is 12.7. The predicted octanol–water partition coefficient (Wildman–Crippen LogP) is 1.09. The lowest BCUT2D eigenvalue weighted by atomic mass is 9.83. The van der Waals surface area contributed by atoms with E-state index in [2.05, 4.69) is 10.2 Å². The summed E-state index contributed by atoms with van der Waals surface area (Å²) in [6.45, 7) is 1.77. The van der Waals surface area contributed by atoms with Gasteiger partial charge in [-0.1, -0.05) is 0 Å². The first-order chi connectivity index (χ1) is 8.63. The van der Waals surface area contributed by atoms with Gasteiger partial charge in [0, 0.05) is 37.0 Å². The molecule has 1 heterocycles. The molecule has 2 saturated carbocycles. The van der Waals surface area contributed by atoms with Gasteiger partial charge in [0.05, 0.1) is 0 Å². The Kier molecular flexibility index (Phi) is 3.01. The van der Waals surface area contributed by atoms with Crippen molar-refractivity contribution >= 4 is 11.9 Å². The molecule has 3 aliphatic rings. The highest BCUT2D eigenvalue weighted by atomic mass is 16.4. The molecule has 100 valence electrons. The Morgan fingerprint density at radius 1 is 1.22 bits per heavy atom. The van der Waals surface area contributed by atoms with Gasteiger partial charge in [-0.15, -0.1) is 0 Å². The van der Waals surface area contributed by atoms with Gasteiger partial charge in [-0.05, 0) is 32.1 Å². The van der Waals surface area contributed by atoms with Crippen molar-refractivity contribution in [2.45, 2.75) is 44.2 Å². The molecule has 3 atom stereocenters. The van der Waals surface area contributed by atoms with Crippen LogP contribution in [0.15, 0.2) is 0 Å². The van der Waals surface area contributed by atoms with Gasteiger partial charge >= 0.3 is 6.09 Å². The number of hydrogen-bond acceptors (Lipinski definition) is 3. The van der Waals surface area contributed by atoms with Crippen LogP contribution in [0.25, 0.3) is 0 Å². The number of amides is 1. The molecule has 1 amide bonds. The lowest BCUT2D eigenvalue weighted by Crippen LogP contribution is -2.43. The molecule has 1 saturated heterocycles. The number of ketones is 1. The van der Waals surface area contributed by atoms with E-state index in [0.29, 0.717) is 23.7 Å². The number of nitrogens with one attached hydrogen (secondary N) is 1. The van der Waals surface area contributed by atoms with Gasteiger partial charge in [-0.2, -0.15) is 0 Å². The van der Waals surface area contributed by atoms with Gasteiger partial charge in [-0.3, -0.25) is 9.69 Å². The van der Waals surface area contributed by atoms with Crippen LogP contribution >= 0.6 is 0 Å². The fourth-order valence-corrected chi connectivity index (χ4v) is 3.95. The van der Waals surface area contributed by atoms with Crippen LogP contribution in [0.4, 0.5) is 4.79 Å². The molecule has 2 unspecified atom stereocenters. The first-order valence-electron chi connectivity index (χ1n) is 6.90. The van der Waals surface area contributed by atoms with E-state index in [0.717, 1.165) is 45.2 Å². The molecule has 0 aromatic heterocycles. The molecule has 3 fully saturated rings. The van der Waals surface area contributed by atoms with Crippen molar-refractivity contribution in [2.24, 2.45) is 11.8 Å². The smallest absolute Gasteiger partial charge is 0.404 e. The second-order valence-electron chi connectivity index (χ2n) is 5.93. The second-order valence-corrected chi connectivity index (χ2v) is 5.93. The molecule has 5 nitrogen and oxygen atoms in total. The topological polar surface area (TPSA) is 69.6 Å². The number of likely N-dealkylation sites (tertiary alicyclic amines) is 1. The number of carbonyl (C=O) groups is 2. The van der Waals surface area contributed by atoms with Crippen molar-refractivity contribution in [3.05, 3.63) is 0 Å². The predicted molar refractivity (Wildman–Crippen MR) is 65.4 cm³/mol. The Bertz CT molecular complexity index is 355. The Morgan fingerprint density at radius 2 is 1.89 bits per heavy atom. The molecule has 2 aliphatic carbocycles. The van der Waals surface area contributed by atoms with Crippen LogP contribution in [-0.4, -0.2) is 47.1 Å². The van der Waals surface area contributed by atoms with E-state index < -0.39 is 6.09 Å². The molecule has 0 aromatic rings. The van der Waals surface area contributed by atoms with E-state index in [1.54, 1.807) is 0 Å². The third-order valence-corrected chi connectivity index (χ3v) is 4.85. The van der Waals surface area contributed by atoms with Crippen LogP contribution in [-0.2, 0) is 4.79 Å². The van der Waals surface area contributed by atoms with Crippen LogP contribution in [0.2, 0.25) is 0 Å². The SMILES string of the molecule is O=C(O)N[C@@H]1CCN(C2CC3CCC(C2)C3=O)C1. The van der Waals surface area contributed by atoms with E-state index in [9.17, 15) is 9.59 Å². The number of fused-ring (bicyclic) bond motifs is 2. The fourth-order valence-electron chi connectivity index (χ4n) is 3.95. The van der Waals surface area contributed by atoms with Gasteiger partial charge in [0.25, 0.3) is 0 Å². The standard InChI is InChI=1S/C13H20N2O3/c16-12-8-1-2-9(12)6-11(5-8)15-4-3-10(7-15)14-13(17)18/h8-11,14H,1-7H2,(H,17,18)/t8?,9?,10-,11?/m1/s1. The molecular weight excluding hydrogens is 232 g/mol. The Hall–Kier alpha value is -1.10. The Labute approximate surface area is 107 Å². The number of carbonyl (C=O) groups excluding carboxylic acids is 1. The lowest BCUT2D eigenvalue weighted by molar-refractivity contribution is -0.127. The number of hydrogen-bond donors (Lipinski definition) is 2. The first-order valence-corrected chi connectivity index (χ1v) is 6.90. The average molecular weight is 252 g/mol. The third kappa shape index (κ3) is 2.11. The Morgan fingerprint density at radius 3 is 2.50 bits per heavy atom. The average Bonchev–Trinajstić information content (AvgIpc) is 2.81. The molecule has 18 heavy (non-hydrogen) atoms. The van der Waals surface area contributed by atoms with Crippen LogP contribution in [0, 0.1) is 11.8 Å². The summed E-state index contributed by atoms with van der Waals surface area (Å²) in [5, 5.41) is 11.3. The van der Waals surface area contributed by atoms with Crippen LogP contribution in [0.3, 0.4) is 0 Å². The molecule has 0 aromatic carbocycles. The second kappa shape index (κ2) is 4.53. The quantitative estimate of drug-likeness (QED) is 0.771. The maximum atomic E-state index is 11.8. The largest absolute Gasteiger partial charge is 0.465 e. The molecule has 3 rings (SSSR count). The summed E-state index contributed by atoms with van der Waals surface area (Å²) in [5.74, 6) is 1.08. The van der Waals surface area contributed by atoms with E-state index in [1.165, 1.54) is 0 Å². The van der Waals surface area contributed by atoms with Crippen molar-refractivity contribution in [2.75, 3.05) is 13.1 Å². The van der Waals surface area contributed by atoms with Gasteiger partial charge in [-0.25, -0.2) is 4.79 Å². The van der Waals surface area contributed by atoms with E-state index in [-0.39, 0.29) is 6.04 Å². The highest BCUT2D eigenvalue weighted by Gasteiger charge is 2.44. The summed E-state index contributed by atoms with van der Waals surface area (Å²) in [6, 6.07) is 0.568. The van der Waals surface area contributed by atoms with Crippen molar-refractivity contribution in [1.82, 2.24) is 10.2 Å². The lowest BCUT2D eigenvalue weighted by Gasteiger charge is -2.34. The van der Waals surface area contributed by atoms with Gasteiger partial charge in [0.1, 0.15) is 5.78 Å². The third-order valence-electron chi connectivity index (χ3n) is 4.85. The summed E-state index contributed by atoms with van der Waals surface area (Å²) in [6.07, 6.45) is 4.10. The molecule has 1 aliphatic heterocycles. The van der Waals surface area contributed by atoms with Crippen molar-refractivity contribution < 1.29 is 14.7 Å². The summed E-state index contributed by atoms with van der Waals surface area (Å²) in [4.78, 5) is 24.9. The summed E-state index contributed by atoms with van der Waals surface area (Å²) < 4.78 is 0. The maximum Gasteiger partial charge on any atom is 0.404 e. The minimum atomic E-state index is -0.930. The molecule has 2 N–H and O–H groups in total. The Balaban J connectivity index is 1.57. The molecular formula is C13H20N2O3. The van der Waals surface area contributed by atoms with E-state index in [4.69, 9.17) is 5.11 Å². The minimum Gasteiger partial charge on any atom is -0.465 e. The van der Waals surface area contributed by atoms with Gasteiger partial charge < -0.3 is 10.4 Å². The zero-order valence-electron chi connectivity index (χ0n) is 10.5. The fraction of sp³-hybridized carbons (Fsp3) is 0.846. The molecule has 0 spiro atoms. The van der Waals surface area contributed by atoms with Crippen molar-refractivity contribution in [3.8, 4) is 0 Å². The van der Waals surface area contributed by atoms with Crippen LogP contribution < -0.4 is 5.32 Å². The van der Waals surface area contributed by atoms with Crippen molar-refractivity contribution in [3.63, 3.8) is 0 Å².